The third-order valence-electron chi connectivity index (χ3n) is 4.06. The van der Waals surface area contributed by atoms with Crippen LogP contribution in [0.1, 0.15) is 11.5 Å². The van der Waals surface area contributed by atoms with Crippen molar-refractivity contribution in [3.63, 3.8) is 0 Å². The minimum atomic E-state index is -0.358. The Morgan fingerprint density at radius 3 is 2.85 bits per heavy atom. The van der Waals surface area contributed by atoms with Gasteiger partial charge >= 0.3 is 0 Å². The first-order chi connectivity index (χ1) is 13.2. The van der Waals surface area contributed by atoms with Crippen molar-refractivity contribution >= 4 is 16.8 Å². The number of halogens is 1. The van der Waals surface area contributed by atoms with Crippen LogP contribution < -0.4 is 5.32 Å². The lowest BCUT2D eigenvalue weighted by molar-refractivity contribution is -0.120. The average Bonchev–Trinajstić information content (AvgIpc) is 3.15. The number of amides is 1. The Labute approximate surface area is 154 Å². The number of rotatable bonds is 5. The summed E-state index contributed by atoms with van der Waals surface area (Å²) >= 11 is 0. The monoisotopic (exact) mass is 362 g/mol. The number of pyridine rings is 1. The van der Waals surface area contributed by atoms with E-state index < -0.39 is 0 Å². The highest BCUT2D eigenvalue weighted by atomic mass is 19.1. The Hall–Kier alpha value is -3.61. The maximum absolute atomic E-state index is 13.6. The van der Waals surface area contributed by atoms with E-state index in [1.807, 2.05) is 30.3 Å². The largest absolute Gasteiger partial charge is 0.420 e. The van der Waals surface area contributed by atoms with Crippen molar-refractivity contribution in [2.75, 3.05) is 0 Å². The summed E-state index contributed by atoms with van der Waals surface area (Å²) in [5, 5.41) is 11.5. The Bertz CT molecular complexity index is 1110. The highest BCUT2D eigenvalue weighted by Gasteiger charge is 2.13. The molecule has 0 aliphatic heterocycles. The van der Waals surface area contributed by atoms with Gasteiger partial charge in [0.15, 0.2) is 0 Å². The highest BCUT2D eigenvalue weighted by molar-refractivity contribution is 5.82. The van der Waals surface area contributed by atoms with Crippen molar-refractivity contribution in [2.24, 2.45) is 0 Å². The predicted molar refractivity (Wildman–Crippen MR) is 97.0 cm³/mol. The number of nitrogens with one attached hydrogen (secondary N) is 1. The quantitative estimate of drug-likeness (QED) is 0.589. The third kappa shape index (κ3) is 3.82. The van der Waals surface area contributed by atoms with Crippen LogP contribution in [0.2, 0.25) is 0 Å². The van der Waals surface area contributed by atoms with Gasteiger partial charge in [0.2, 0.25) is 17.7 Å². The van der Waals surface area contributed by atoms with Crippen molar-refractivity contribution in [3.05, 3.63) is 78.1 Å². The van der Waals surface area contributed by atoms with E-state index in [1.54, 1.807) is 24.4 Å². The standard InChI is InChI=1S/C20H15FN4O2/c21-16-6-2-1-4-15(16)12-23-18(26)11-19-24-25-20(27-19)14-7-8-17-13(10-14)5-3-9-22-17/h1-10H,11-12H2,(H,23,26). The molecule has 134 valence electrons. The van der Waals surface area contributed by atoms with E-state index in [4.69, 9.17) is 4.42 Å². The van der Waals surface area contributed by atoms with Crippen LogP contribution in [0.5, 0.6) is 0 Å². The molecule has 0 fully saturated rings. The van der Waals surface area contributed by atoms with E-state index in [-0.39, 0.29) is 30.6 Å². The molecule has 4 aromatic rings. The first kappa shape index (κ1) is 16.8. The molecule has 1 N–H and O–H groups in total. The van der Waals surface area contributed by atoms with E-state index in [1.165, 1.54) is 6.07 Å². The lowest BCUT2D eigenvalue weighted by Gasteiger charge is -2.04. The van der Waals surface area contributed by atoms with Gasteiger partial charge in [0, 0.05) is 29.3 Å². The van der Waals surface area contributed by atoms with Gasteiger partial charge in [-0.1, -0.05) is 24.3 Å². The topological polar surface area (TPSA) is 80.9 Å². The summed E-state index contributed by atoms with van der Waals surface area (Å²) in [5.41, 5.74) is 2.04. The molecule has 0 bridgehead atoms. The molecular formula is C20H15FN4O2. The Balaban J connectivity index is 1.42. The molecule has 2 aromatic heterocycles. The second kappa shape index (κ2) is 7.33. The fourth-order valence-corrected chi connectivity index (χ4v) is 2.69. The van der Waals surface area contributed by atoms with Crippen LogP contribution >= 0.6 is 0 Å². The summed E-state index contributed by atoms with van der Waals surface area (Å²) in [6.07, 6.45) is 1.66. The number of nitrogens with zero attached hydrogens (tertiary/aromatic N) is 3. The Kier molecular flexibility index (Phi) is 4.57. The summed E-state index contributed by atoms with van der Waals surface area (Å²) in [5.74, 6) is -0.153. The van der Waals surface area contributed by atoms with Crippen LogP contribution in [0.25, 0.3) is 22.4 Å². The molecule has 0 aliphatic carbocycles. The Morgan fingerprint density at radius 2 is 1.96 bits per heavy atom. The molecule has 0 unspecified atom stereocenters. The molecule has 27 heavy (non-hydrogen) atoms. The molecule has 7 heteroatoms. The van der Waals surface area contributed by atoms with Crippen LogP contribution in [0.3, 0.4) is 0 Å². The van der Waals surface area contributed by atoms with E-state index in [0.717, 1.165) is 16.5 Å². The first-order valence-electron chi connectivity index (χ1n) is 8.37. The zero-order valence-corrected chi connectivity index (χ0v) is 14.2. The number of hydrogen-bond acceptors (Lipinski definition) is 5. The summed E-state index contributed by atoms with van der Waals surface area (Å²) in [6, 6.07) is 15.7. The number of carbonyl (C=O) groups is 1. The third-order valence-corrected chi connectivity index (χ3v) is 4.06. The zero-order valence-electron chi connectivity index (χ0n) is 14.2. The number of fused-ring (bicyclic) bond motifs is 1. The number of carbonyl (C=O) groups excluding carboxylic acids is 1. The summed E-state index contributed by atoms with van der Waals surface area (Å²) in [7, 11) is 0. The second-order valence-electron chi connectivity index (χ2n) is 5.96. The van der Waals surface area contributed by atoms with Crippen LogP contribution in [0, 0.1) is 5.82 Å². The smallest absolute Gasteiger partial charge is 0.247 e. The lowest BCUT2D eigenvalue weighted by Crippen LogP contribution is -2.25. The average molecular weight is 362 g/mol. The lowest BCUT2D eigenvalue weighted by atomic mass is 10.1. The second-order valence-corrected chi connectivity index (χ2v) is 5.96. The van der Waals surface area contributed by atoms with Gasteiger partial charge in [-0.05, 0) is 30.3 Å². The summed E-state index contributed by atoms with van der Waals surface area (Å²) in [6.45, 7) is 0.101. The first-order valence-corrected chi connectivity index (χ1v) is 8.37. The highest BCUT2D eigenvalue weighted by Crippen LogP contribution is 2.22. The number of aromatic nitrogens is 3. The normalized spacial score (nSPS) is 10.9. The summed E-state index contributed by atoms with van der Waals surface area (Å²) < 4.78 is 19.2. The van der Waals surface area contributed by atoms with E-state index >= 15 is 0 Å². The van der Waals surface area contributed by atoms with Gasteiger partial charge in [0.1, 0.15) is 12.2 Å². The molecule has 4 rings (SSSR count). The molecule has 2 aromatic carbocycles. The van der Waals surface area contributed by atoms with E-state index in [2.05, 4.69) is 20.5 Å². The van der Waals surface area contributed by atoms with E-state index in [0.29, 0.717) is 11.5 Å². The molecule has 0 saturated carbocycles. The Morgan fingerprint density at radius 1 is 1.07 bits per heavy atom. The molecule has 1 amide bonds. The van der Waals surface area contributed by atoms with Crippen LogP contribution in [0.4, 0.5) is 4.39 Å². The van der Waals surface area contributed by atoms with Gasteiger partial charge < -0.3 is 9.73 Å². The number of benzene rings is 2. The van der Waals surface area contributed by atoms with Crippen molar-refractivity contribution in [3.8, 4) is 11.5 Å². The van der Waals surface area contributed by atoms with Crippen LogP contribution in [-0.4, -0.2) is 21.1 Å². The van der Waals surface area contributed by atoms with Gasteiger partial charge in [-0.3, -0.25) is 9.78 Å². The molecule has 0 aliphatic rings. The van der Waals surface area contributed by atoms with Gasteiger partial charge in [-0.25, -0.2) is 4.39 Å². The minimum Gasteiger partial charge on any atom is -0.420 e. The summed E-state index contributed by atoms with van der Waals surface area (Å²) in [4.78, 5) is 16.3. The van der Waals surface area contributed by atoms with Crippen LogP contribution in [-0.2, 0) is 17.8 Å². The minimum absolute atomic E-state index is 0.0728. The van der Waals surface area contributed by atoms with Crippen molar-refractivity contribution in [2.45, 2.75) is 13.0 Å². The number of hydrogen-bond donors (Lipinski definition) is 1. The van der Waals surface area contributed by atoms with Gasteiger partial charge in [0.05, 0.1) is 5.52 Å². The molecule has 6 nitrogen and oxygen atoms in total. The predicted octanol–water partition coefficient (Wildman–Crippen LogP) is 3.28. The zero-order chi connectivity index (χ0) is 18.6. The molecule has 0 saturated heterocycles. The fraction of sp³-hybridized carbons (Fsp3) is 0.100. The molecule has 0 atom stereocenters. The van der Waals surface area contributed by atoms with Gasteiger partial charge in [-0.2, -0.15) is 0 Å². The van der Waals surface area contributed by atoms with Crippen LogP contribution in [0.15, 0.2) is 65.2 Å². The fourth-order valence-electron chi connectivity index (χ4n) is 2.69. The van der Waals surface area contributed by atoms with Crippen molar-refractivity contribution < 1.29 is 13.6 Å². The van der Waals surface area contributed by atoms with E-state index in [9.17, 15) is 9.18 Å². The molecule has 0 spiro atoms. The molecule has 0 radical (unpaired) electrons. The maximum atomic E-state index is 13.6. The van der Waals surface area contributed by atoms with Gasteiger partial charge in [-0.15, -0.1) is 10.2 Å². The maximum Gasteiger partial charge on any atom is 0.247 e. The van der Waals surface area contributed by atoms with Crippen molar-refractivity contribution in [1.29, 1.82) is 0 Å². The SMILES string of the molecule is O=C(Cc1nnc(-c2ccc3ncccc3c2)o1)NCc1ccccc1F. The molecule has 2 heterocycles. The van der Waals surface area contributed by atoms with Crippen molar-refractivity contribution in [1.82, 2.24) is 20.5 Å². The van der Waals surface area contributed by atoms with Gasteiger partial charge in [0.25, 0.3) is 0 Å². The molecular weight excluding hydrogens is 347 g/mol.